The number of amides is 1. The van der Waals surface area contributed by atoms with Gasteiger partial charge in [-0.3, -0.25) is 9.88 Å². The van der Waals surface area contributed by atoms with Crippen LogP contribution in [0.1, 0.15) is 28.2 Å². The number of ether oxygens (including phenoxy) is 1. The number of hydrogen-bond donors (Lipinski definition) is 0. The lowest BCUT2D eigenvalue weighted by atomic mass is 10.2. The van der Waals surface area contributed by atoms with Gasteiger partial charge >= 0.3 is 6.09 Å². The number of furan rings is 1. The van der Waals surface area contributed by atoms with Crippen LogP contribution >= 0.6 is 11.3 Å². The Morgan fingerprint density at radius 2 is 1.65 bits per heavy atom. The third-order valence-electron chi connectivity index (χ3n) is 5.40. The van der Waals surface area contributed by atoms with Crippen molar-refractivity contribution in [3.05, 3.63) is 113 Å². The molecule has 34 heavy (non-hydrogen) atoms. The van der Waals surface area contributed by atoms with Crippen LogP contribution in [0.5, 0.6) is 0 Å². The Balaban J connectivity index is 1.36. The topological polar surface area (TPSA) is 58.8 Å². The van der Waals surface area contributed by atoms with E-state index in [0.29, 0.717) is 13.1 Å². The molecule has 0 aliphatic carbocycles. The van der Waals surface area contributed by atoms with Gasteiger partial charge in [-0.05, 0) is 29.7 Å². The summed E-state index contributed by atoms with van der Waals surface area (Å²) in [6.45, 7) is 3.70. The first kappa shape index (κ1) is 23.7. The van der Waals surface area contributed by atoms with Gasteiger partial charge < -0.3 is 14.1 Å². The highest BCUT2D eigenvalue weighted by atomic mass is 32.1. The lowest BCUT2D eigenvalue weighted by Crippen LogP contribution is -2.34. The normalized spacial score (nSPS) is 11.0. The summed E-state index contributed by atoms with van der Waals surface area (Å²) in [6.07, 6.45) is 4.02. The number of rotatable bonds is 12. The minimum absolute atomic E-state index is 0.261. The molecule has 0 atom stereocenters. The van der Waals surface area contributed by atoms with E-state index in [9.17, 15) is 4.79 Å². The number of hydrogen-bond acceptors (Lipinski definition) is 6. The molecule has 0 saturated heterocycles. The highest BCUT2D eigenvalue weighted by Crippen LogP contribution is 2.15. The maximum absolute atomic E-state index is 12.9. The smallest absolute Gasteiger partial charge is 0.410 e. The molecule has 0 N–H and O–H groups in total. The Kier molecular flexibility index (Phi) is 8.88. The van der Waals surface area contributed by atoms with E-state index in [1.807, 2.05) is 48.5 Å². The van der Waals surface area contributed by atoms with E-state index in [4.69, 9.17) is 9.15 Å². The highest BCUT2D eigenvalue weighted by Gasteiger charge is 2.18. The van der Waals surface area contributed by atoms with Crippen molar-refractivity contribution >= 4 is 17.4 Å². The lowest BCUT2D eigenvalue weighted by molar-refractivity contribution is 0.0914. The van der Waals surface area contributed by atoms with Crippen LogP contribution in [-0.2, 0) is 31.0 Å². The molecular weight excluding hydrogens is 446 g/mol. The first-order valence-corrected chi connectivity index (χ1v) is 12.3. The van der Waals surface area contributed by atoms with E-state index in [2.05, 4.69) is 34.1 Å². The quantitative estimate of drug-likeness (QED) is 0.253. The van der Waals surface area contributed by atoms with E-state index in [-0.39, 0.29) is 12.7 Å². The van der Waals surface area contributed by atoms with Gasteiger partial charge in [0.05, 0.1) is 24.9 Å². The largest absolute Gasteiger partial charge is 0.468 e. The Labute approximate surface area is 204 Å². The number of carbonyl (C=O) groups excluding carboxylic acids is 1. The zero-order valence-electron chi connectivity index (χ0n) is 19.1. The Morgan fingerprint density at radius 1 is 0.882 bits per heavy atom. The summed E-state index contributed by atoms with van der Waals surface area (Å²) >= 11 is 1.54. The Morgan fingerprint density at radius 3 is 2.32 bits per heavy atom. The average molecular weight is 476 g/mol. The van der Waals surface area contributed by atoms with Crippen molar-refractivity contribution in [1.29, 1.82) is 0 Å². The van der Waals surface area contributed by atoms with Crippen LogP contribution < -0.4 is 0 Å². The fourth-order valence-corrected chi connectivity index (χ4v) is 4.33. The number of carbonyl (C=O) groups is 1. The monoisotopic (exact) mass is 475 g/mol. The van der Waals surface area contributed by atoms with Crippen LogP contribution in [0, 0.1) is 0 Å². The van der Waals surface area contributed by atoms with Gasteiger partial charge in [0.15, 0.2) is 0 Å². The van der Waals surface area contributed by atoms with E-state index in [0.717, 1.165) is 42.3 Å². The fourth-order valence-electron chi connectivity index (χ4n) is 3.72. The van der Waals surface area contributed by atoms with Crippen LogP contribution in [0.3, 0.4) is 0 Å². The summed E-state index contributed by atoms with van der Waals surface area (Å²) in [4.78, 5) is 22.2. The molecule has 2 heterocycles. The highest BCUT2D eigenvalue weighted by molar-refractivity contribution is 7.09. The molecule has 4 aromatic rings. The van der Waals surface area contributed by atoms with Gasteiger partial charge in [0.2, 0.25) is 0 Å². The molecule has 2 aromatic heterocycles. The van der Waals surface area contributed by atoms with Gasteiger partial charge in [0, 0.05) is 30.7 Å². The molecule has 1 amide bonds. The van der Waals surface area contributed by atoms with Crippen LogP contribution in [0.25, 0.3) is 0 Å². The van der Waals surface area contributed by atoms with Gasteiger partial charge in [-0.25, -0.2) is 4.79 Å². The molecule has 0 aliphatic heterocycles. The van der Waals surface area contributed by atoms with Crippen LogP contribution in [0.2, 0.25) is 0 Å². The summed E-state index contributed by atoms with van der Waals surface area (Å²) in [7, 11) is 0. The fraction of sp³-hybridized carbons (Fsp3) is 0.259. The molecule has 0 spiro atoms. The van der Waals surface area contributed by atoms with Gasteiger partial charge in [-0.2, -0.15) is 0 Å². The Bertz CT molecular complexity index is 1090. The molecule has 4 rings (SSSR count). The number of thiazole rings is 1. The van der Waals surface area contributed by atoms with Crippen molar-refractivity contribution in [3.63, 3.8) is 0 Å². The predicted molar refractivity (Wildman–Crippen MR) is 133 cm³/mol. The number of benzene rings is 2. The second kappa shape index (κ2) is 12.7. The van der Waals surface area contributed by atoms with Gasteiger partial charge in [-0.1, -0.05) is 60.7 Å². The average Bonchev–Trinajstić information content (AvgIpc) is 3.58. The first-order valence-electron chi connectivity index (χ1n) is 11.4. The number of aromatic nitrogens is 1. The zero-order valence-corrected chi connectivity index (χ0v) is 19.9. The lowest BCUT2D eigenvalue weighted by Gasteiger charge is -2.25. The summed E-state index contributed by atoms with van der Waals surface area (Å²) in [5.41, 5.74) is 4.01. The molecule has 0 saturated carbocycles. The molecule has 176 valence electrons. The van der Waals surface area contributed by atoms with Crippen molar-refractivity contribution in [3.8, 4) is 0 Å². The van der Waals surface area contributed by atoms with Gasteiger partial charge in [0.25, 0.3) is 0 Å². The SMILES string of the molecule is O=C(OCc1ccccc1)N(CCCN(Cc1ccccc1)Cc1ccco1)Cc1cncs1. The molecule has 0 bridgehead atoms. The molecule has 0 fully saturated rings. The second-order valence-corrected chi connectivity index (χ2v) is 9.03. The maximum Gasteiger partial charge on any atom is 0.410 e. The van der Waals surface area contributed by atoms with Crippen LogP contribution in [-0.4, -0.2) is 34.0 Å². The summed E-state index contributed by atoms with van der Waals surface area (Å²) in [5.74, 6) is 0.930. The zero-order chi connectivity index (χ0) is 23.4. The summed E-state index contributed by atoms with van der Waals surface area (Å²) in [5, 5.41) is 0. The van der Waals surface area contributed by atoms with Crippen molar-refractivity contribution in [1.82, 2.24) is 14.8 Å². The third kappa shape index (κ3) is 7.57. The molecule has 6 nitrogen and oxygen atoms in total. The van der Waals surface area contributed by atoms with E-state index in [1.165, 1.54) is 5.56 Å². The molecule has 0 unspecified atom stereocenters. The first-order chi connectivity index (χ1) is 16.8. The van der Waals surface area contributed by atoms with Crippen molar-refractivity contribution in [2.75, 3.05) is 13.1 Å². The molecule has 0 radical (unpaired) electrons. The minimum Gasteiger partial charge on any atom is -0.468 e. The number of nitrogens with zero attached hydrogens (tertiary/aromatic N) is 3. The summed E-state index contributed by atoms with van der Waals surface area (Å²) < 4.78 is 11.2. The molecule has 2 aromatic carbocycles. The Hall–Kier alpha value is -3.42. The van der Waals surface area contributed by atoms with Gasteiger partial charge in [0.1, 0.15) is 12.4 Å². The third-order valence-corrected chi connectivity index (χ3v) is 6.17. The molecule has 0 aliphatic rings. The minimum atomic E-state index is -0.308. The van der Waals surface area contributed by atoms with E-state index in [1.54, 1.807) is 34.2 Å². The van der Waals surface area contributed by atoms with Crippen molar-refractivity contribution < 1.29 is 13.9 Å². The predicted octanol–water partition coefficient (Wildman–Crippen LogP) is 5.97. The second-order valence-electron chi connectivity index (χ2n) is 8.06. The molecule has 7 heteroatoms. The van der Waals surface area contributed by atoms with E-state index < -0.39 is 0 Å². The summed E-state index contributed by atoms with van der Waals surface area (Å²) in [6, 6.07) is 24.1. The maximum atomic E-state index is 12.9. The van der Waals surface area contributed by atoms with E-state index >= 15 is 0 Å². The van der Waals surface area contributed by atoms with Crippen molar-refractivity contribution in [2.45, 2.75) is 32.7 Å². The van der Waals surface area contributed by atoms with Crippen LogP contribution in [0.15, 0.2) is 95.2 Å². The standard InChI is InChI=1S/C27H29N3O3S/c31-27(33-21-24-11-5-2-6-12-24)30(20-26-17-28-22-34-26)15-8-14-29(19-25-13-7-16-32-25)18-23-9-3-1-4-10-23/h1-7,9-13,16-17,22H,8,14-15,18-21H2. The van der Waals surface area contributed by atoms with Gasteiger partial charge in [-0.15, -0.1) is 11.3 Å². The molecular formula is C27H29N3O3S. The van der Waals surface area contributed by atoms with Crippen molar-refractivity contribution in [2.24, 2.45) is 0 Å². The van der Waals surface area contributed by atoms with Crippen LogP contribution in [0.4, 0.5) is 4.79 Å².